The van der Waals surface area contributed by atoms with Gasteiger partial charge in [0, 0.05) is 24.1 Å². The molecule has 90 valence electrons. The number of nitrogens with one attached hydrogen (secondary N) is 1. The Balaban J connectivity index is 2.12. The Kier molecular flexibility index (Phi) is 4.44. The van der Waals surface area contributed by atoms with Crippen molar-refractivity contribution in [1.82, 2.24) is 5.32 Å². The molecule has 1 aromatic rings. The zero-order chi connectivity index (χ0) is 11.4. The van der Waals surface area contributed by atoms with Gasteiger partial charge in [0.05, 0.1) is 12.9 Å². The van der Waals surface area contributed by atoms with Crippen LogP contribution in [0.4, 0.5) is 0 Å². The minimum Gasteiger partial charge on any atom is -0.457 e. The third-order valence-corrected chi connectivity index (χ3v) is 3.72. The summed E-state index contributed by atoms with van der Waals surface area (Å²) in [6.07, 6.45) is 4.10. The molecular formula is C12H18BrNO2. The summed E-state index contributed by atoms with van der Waals surface area (Å²) in [5, 5.41) is 3.53. The third kappa shape index (κ3) is 2.67. The molecule has 0 saturated carbocycles. The van der Waals surface area contributed by atoms with E-state index in [1.54, 1.807) is 6.26 Å². The van der Waals surface area contributed by atoms with Gasteiger partial charge in [-0.15, -0.1) is 0 Å². The van der Waals surface area contributed by atoms with Gasteiger partial charge >= 0.3 is 0 Å². The van der Waals surface area contributed by atoms with Gasteiger partial charge in [-0.3, -0.25) is 0 Å². The highest BCUT2D eigenvalue weighted by Gasteiger charge is 2.27. The molecule has 1 aliphatic heterocycles. The van der Waals surface area contributed by atoms with Crippen LogP contribution in [0.3, 0.4) is 0 Å². The molecule has 1 aromatic heterocycles. The lowest BCUT2D eigenvalue weighted by Crippen LogP contribution is -2.33. The maximum Gasteiger partial charge on any atom is 0.173 e. The first-order valence-corrected chi connectivity index (χ1v) is 6.66. The number of halogens is 1. The van der Waals surface area contributed by atoms with Crippen LogP contribution in [0, 0.1) is 5.92 Å². The van der Waals surface area contributed by atoms with Gasteiger partial charge in [0.2, 0.25) is 0 Å². The van der Waals surface area contributed by atoms with Gasteiger partial charge in [-0.05, 0) is 41.4 Å². The van der Waals surface area contributed by atoms with E-state index < -0.39 is 0 Å². The summed E-state index contributed by atoms with van der Waals surface area (Å²) < 4.78 is 11.7. The second kappa shape index (κ2) is 5.84. The van der Waals surface area contributed by atoms with Crippen molar-refractivity contribution in [3.05, 3.63) is 22.6 Å². The summed E-state index contributed by atoms with van der Waals surface area (Å²) in [6.45, 7) is 4.83. The second-order valence-corrected chi connectivity index (χ2v) is 4.88. The number of hydrogen-bond donors (Lipinski definition) is 1. The zero-order valence-corrected chi connectivity index (χ0v) is 11.1. The first-order chi connectivity index (χ1) is 7.83. The summed E-state index contributed by atoms with van der Waals surface area (Å²) >= 11 is 3.46. The van der Waals surface area contributed by atoms with Crippen LogP contribution in [0.5, 0.6) is 0 Å². The highest BCUT2D eigenvalue weighted by atomic mass is 79.9. The number of rotatable bonds is 4. The quantitative estimate of drug-likeness (QED) is 0.924. The molecule has 0 amide bonds. The minimum atomic E-state index is 0.332. The van der Waals surface area contributed by atoms with Gasteiger partial charge in [0.1, 0.15) is 0 Å². The molecule has 2 unspecified atom stereocenters. The summed E-state index contributed by atoms with van der Waals surface area (Å²) in [7, 11) is 0. The van der Waals surface area contributed by atoms with Gasteiger partial charge in [-0.2, -0.15) is 0 Å². The molecular weight excluding hydrogens is 270 g/mol. The van der Waals surface area contributed by atoms with Crippen molar-refractivity contribution in [2.75, 3.05) is 19.8 Å². The first kappa shape index (κ1) is 12.1. The Bertz CT molecular complexity index is 321. The topological polar surface area (TPSA) is 34.4 Å². The molecule has 3 nitrogen and oxygen atoms in total. The molecule has 0 spiro atoms. The molecule has 2 atom stereocenters. The minimum absolute atomic E-state index is 0.332. The van der Waals surface area contributed by atoms with Gasteiger partial charge in [0.25, 0.3) is 0 Å². The van der Waals surface area contributed by atoms with Crippen molar-refractivity contribution in [3.8, 4) is 0 Å². The first-order valence-electron chi connectivity index (χ1n) is 5.87. The predicted octanol–water partition coefficient (Wildman–Crippen LogP) is 3.12. The fraction of sp³-hybridized carbons (Fsp3) is 0.667. The lowest BCUT2D eigenvalue weighted by molar-refractivity contribution is 0.0390. The Morgan fingerprint density at radius 3 is 3.06 bits per heavy atom. The monoisotopic (exact) mass is 287 g/mol. The van der Waals surface area contributed by atoms with Crippen molar-refractivity contribution in [2.24, 2.45) is 5.92 Å². The van der Waals surface area contributed by atoms with Crippen molar-refractivity contribution in [2.45, 2.75) is 25.8 Å². The molecule has 0 aromatic carbocycles. The van der Waals surface area contributed by atoms with E-state index in [1.165, 1.54) is 12.0 Å². The van der Waals surface area contributed by atoms with Crippen LogP contribution < -0.4 is 5.32 Å². The predicted molar refractivity (Wildman–Crippen MR) is 66.4 cm³/mol. The molecule has 0 bridgehead atoms. The van der Waals surface area contributed by atoms with Gasteiger partial charge in [-0.1, -0.05) is 6.92 Å². The maximum absolute atomic E-state index is 5.56. The Labute approximate surface area is 105 Å². The summed E-state index contributed by atoms with van der Waals surface area (Å²) in [6, 6.07) is 2.37. The smallest absolute Gasteiger partial charge is 0.173 e. The van der Waals surface area contributed by atoms with Crippen LogP contribution in [0.15, 0.2) is 21.4 Å². The van der Waals surface area contributed by atoms with E-state index in [4.69, 9.17) is 9.15 Å². The average Bonchev–Trinajstić information content (AvgIpc) is 2.73. The average molecular weight is 288 g/mol. The molecule has 1 fully saturated rings. The van der Waals surface area contributed by atoms with Crippen LogP contribution in [0.25, 0.3) is 0 Å². The van der Waals surface area contributed by atoms with Crippen molar-refractivity contribution in [3.63, 3.8) is 0 Å². The standard InChI is InChI=1S/C12H18BrNO2/c1-2-14-11(9-4-3-6-15-8-9)10-5-7-16-12(10)13/h5,7,9,11,14H,2-4,6,8H2,1H3. The molecule has 2 heterocycles. The van der Waals surface area contributed by atoms with Crippen molar-refractivity contribution in [1.29, 1.82) is 0 Å². The van der Waals surface area contributed by atoms with E-state index in [2.05, 4.69) is 28.2 Å². The van der Waals surface area contributed by atoms with E-state index >= 15 is 0 Å². The Hall–Kier alpha value is -0.320. The number of furan rings is 1. The molecule has 4 heteroatoms. The van der Waals surface area contributed by atoms with Crippen LogP contribution in [0.2, 0.25) is 0 Å². The Morgan fingerprint density at radius 2 is 2.50 bits per heavy atom. The van der Waals surface area contributed by atoms with Crippen LogP contribution in [-0.4, -0.2) is 19.8 Å². The number of hydrogen-bond acceptors (Lipinski definition) is 3. The molecule has 1 N–H and O–H groups in total. The SMILES string of the molecule is CCNC(c1ccoc1Br)C1CCCOC1. The molecule has 0 aliphatic carbocycles. The maximum atomic E-state index is 5.56. The largest absolute Gasteiger partial charge is 0.457 e. The van der Waals surface area contributed by atoms with E-state index in [9.17, 15) is 0 Å². The van der Waals surface area contributed by atoms with E-state index in [0.29, 0.717) is 12.0 Å². The van der Waals surface area contributed by atoms with Crippen molar-refractivity contribution < 1.29 is 9.15 Å². The summed E-state index contributed by atoms with van der Waals surface area (Å²) in [5.74, 6) is 0.544. The molecule has 1 saturated heterocycles. The zero-order valence-electron chi connectivity index (χ0n) is 9.54. The van der Waals surface area contributed by atoms with Crippen LogP contribution >= 0.6 is 15.9 Å². The van der Waals surface area contributed by atoms with Gasteiger partial charge < -0.3 is 14.5 Å². The van der Waals surface area contributed by atoms with Gasteiger partial charge in [-0.25, -0.2) is 0 Å². The van der Waals surface area contributed by atoms with Gasteiger partial charge in [0.15, 0.2) is 4.67 Å². The fourth-order valence-electron chi connectivity index (χ4n) is 2.31. The second-order valence-electron chi connectivity index (χ2n) is 4.16. The normalized spacial score (nSPS) is 23.2. The number of ether oxygens (including phenoxy) is 1. The summed E-state index contributed by atoms with van der Waals surface area (Å²) in [5.41, 5.74) is 1.21. The fourth-order valence-corrected chi connectivity index (χ4v) is 2.79. The van der Waals surface area contributed by atoms with Crippen LogP contribution in [0.1, 0.15) is 31.4 Å². The van der Waals surface area contributed by atoms with E-state index in [-0.39, 0.29) is 0 Å². The van der Waals surface area contributed by atoms with Crippen molar-refractivity contribution >= 4 is 15.9 Å². The highest BCUT2D eigenvalue weighted by molar-refractivity contribution is 9.10. The molecule has 16 heavy (non-hydrogen) atoms. The molecule has 2 rings (SSSR count). The van der Waals surface area contributed by atoms with E-state index in [1.807, 2.05) is 6.07 Å². The lowest BCUT2D eigenvalue weighted by atomic mass is 9.90. The molecule has 0 radical (unpaired) electrons. The Morgan fingerprint density at radius 1 is 1.62 bits per heavy atom. The third-order valence-electron chi connectivity index (χ3n) is 3.07. The highest BCUT2D eigenvalue weighted by Crippen LogP contribution is 2.33. The summed E-state index contributed by atoms with van der Waals surface area (Å²) in [4.78, 5) is 0. The lowest BCUT2D eigenvalue weighted by Gasteiger charge is -2.30. The van der Waals surface area contributed by atoms with Crippen LogP contribution in [-0.2, 0) is 4.74 Å². The van der Waals surface area contributed by atoms with E-state index in [0.717, 1.165) is 30.8 Å². The molecule has 1 aliphatic rings.